The number of amides is 1. The molecular weight excluding hydrogens is 216 g/mol. The normalized spacial score (nSPS) is 21.1. The van der Waals surface area contributed by atoms with Crippen molar-refractivity contribution >= 4 is 5.91 Å². The highest BCUT2D eigenvalue weighted by atomic mass is 16.2. The zero-order valence-electron chi connectivity index (χ0n) is 9.86. The monoisotopic (exact) mass is 234 g/mol. The molecular formula is C12H18N4O. The van der Waals surface area contributed by atoms with E-state index in [0.29, 0.717) is 19.0 Å². The zero-order chi connectivity index (χ0) is 12.1. The average molecular weight is 234 g/mol. The summed E-state index contributed by atoms with van der Waals surface area (Å²) >= 11 is 0. The molecule has 1 saturated heterocycles. The molecule has 0 bridgehead atoms. The van der Waals surface area contributed by atoms with Gasteiger partial charge in [-0.15, -0.1) is 0 Å². The number of nitrogens with one attached hydrogen (secondary N) is 4. The summed E-state index contributed by atoms with van der Waals surface area (Å²) in [6.07, 6.45) is 0. The Labute approximate surface area is 101 Å². The molecule has 1 heterocycles. The summed E-state index contributed by atoms with van der Waals surface area (Å²) in [7, 11) is 0. The minimum absolute atomic E-state index is 0.0188. The third-order valence-electron chi connectivity index (χ3n) is 2.91. The number of benzene rings is 1. The van der Waals surface area contributed by atoms with Crippen molar-refractivity contribution in [3.8, 4) is 0 Å². The first-order chi connectivity index (χ1) is 8.27. The van der Waals surface area contributed by atoms with Crippen LogP contribution in [-0.4, -0.2) is 25.0 Å². The van der Waals surface area contributed by atoms with Gasteiger partial charge in [-0.3, -0.25) is 4.79 Å². The molecule has 1 fully saturated rings. The average Bonchev–Trinajstić information content (AvgIpc) is 2.90. The zero-order valence-corrected chi connectivity index (χ0v) is 9.86. The highest BCUT2D eigenvalue weighted by Gasteiger charge is 2.21. The predicted molar refractivity (Wildman–Crippen MR) is 65.9 cm³/mol. The van der Waals surface area contributed by atoms with Crippen LogP contribution < -0.4 is 21.7 Å². The van der Waals surface area contributed by atoms with Crippen LogP contribution in [0.3, 0.4) is 0 Å². The van der Waals surface area contributed by atoms with E-state index in [1.165, 1.54) is 5.56 Å². The summed E-state index contributed by atoms with van der Waals surface area (Å²) in [6, 6.07) is 9.98. The van der Waals surface area contributed by atoms with E-state index >= 15 is 0 Å². The van der Waals surface area contributed by atoms with E-state index < -0.39 is 0 Å². The molecule has 0 aromatic heterocycles. The van der Waals surface area contributed by atoms with Gasteiger partial charge in [-0.05, 0) is 11.5 Å². The summed E-state index contributed by atoms with van der Waals surface area (Å²) in [5.74, 6) is 0.341. The van der Waals surface area contributed by atoms with E-state index in [-0.39, 0.29) is 11.9 Å². The van der Waals surface area contributed by atoms with Gasteiger partial charge in [-0.1, -0.05) is 37.3 Å². The van der Waals surface area contributed by atoms with E-state index in [4.69, 9.17) is 0 Å². The lowest BCUT2D eigenvalue weighted by Gasteiger charge is -2.15. The molecule has 5 heteroatoms. The lowest BCUT2D eigenvalue weighted by Crippen LogP contribution is -2.45. The van der Waals surface area contributed by atoms with Gasteiger partial charge in [0.15, 0.2) is 0 Å². The fourth-order valence-corrected chi connectivity index (χ4v) is 1.78. The summed E-state index contributed by atoms with van der Waals surface area (Å²) in [6.45, 7) is 3.36. The minimum Gasteiger partial charge on any atom is -0.354 e. The number of rotatable bonds is 4. The van der Waals surface area contributed by atoms with Gasteiger partial charge in [0.05, 0.1) is 0 Å². The van der Waals surface area contributed by atoms with Gasteiger partial charge >= 0.3 is 0 Å². The van der Waals surface area contributed by atoms with Crippen molar-refractivity contribution in [2.45, 2.75) is 18.9 Å². The van der Waals surface area contributed by atoms with Crippen molar-refractivity contribution in [2.24, 2.45) is 0 Å². The molecule has 5 nitrogen and oxygen atoms in total. The molecule has 0 radical (unpaired) electrons. The number of hydrogen-bond donors (Lipinski definition) is 4. The molecule has 1 aromatic rings. The van der Waals surface area contributed by atoms with E-state index in [1.54, 1.807) is 0 Å². The van der Waals surface area contributed by atoms with Gasteiger partial charge in [-0.2, -0.15) is 5.53 Å². The maximum absolute atomic E-state index is 11.7. The number of hydrogen-bond acceptors (Lipinski definition) is 4. The van der Waals surface area contributed by atoms with E-state index in [0.717, 1.165) is 0 Å². The van der Waals surface area contributed by atoms with Gasteiger partial charge in [0.1, 0.15) is 6.04 Å². The smallest absolute Gasteiger partial charge is 0.239 e. The van der Waals surface area contributed by atoms with Crippen LogP contribution in [0, 0.1) is 0 Å². The van der Waals surface area contributed by atoms with Crippen molar-refractivity contribution in [1.82, 2.24) is 21.7 Å². The summed E-state index contributed by atoms with van der Waals surface area (Å²) < 4.78 is 0. The fraction of sp³-hybridized carbons (Fsp3) is 0.417. The van der Waals surface area contributed by atoms with Crippen LogP contribution >= 0.6 is 0 Å². The molecule has 1 aliphatic heterocycles. The van der Waals surface area contributed by atoms with Crippen LogP contribution in [0.5, 0.6) is 0 Å². The second-order valence-electron chi connectivity index (χ2n) is 4.26. The Kier molecular flexibility index (Phi) is 4.08. The van der Waals surface area contributed by atoms with E-state index in [1.807, 2.05) is 18.2 Å². The third-order valence-corrected chi connectivity index (χ3v) is 2.91. The molecule has 0 spiro atoms. The van der Waals surface area contributed by atoms with Crippen LogP contribution in [0.2, 0.25) is 0 Å². The van der Waals surface area contributed by atoms with Gasteiger partial charge in [0, 0.05) is 13.1 Å². The maximum Gasteiger partial charge on any atom is 0.239 e. The fourth-order valence-electron chi connectivity index (χ4n) is 1.78. The molecule has 0 aliphatic carbocycles. The van der Waals surface area contributed by atoms with E-state index in [9.17, 15) is 4.79 Å². The first kappa shape index (κ1) is 12.0. The van der Waals surface area contributed by atoms with Crippen LogP contribution in [0.1, 0.15) is 18.4 Å². The quantitative estimate of drug-likeness (QED) is 0.587. The third kappa shape index (κ3) is 3.26. The SMILES string of the molecule is CC(CNC(=O)C1CNNN1)c1ccccc1. The predicted octanol–water partition coefficient (Wildman–Crippen LogP) is -0.113. The summed E-state index contributed by atoms with van der Waals surface area (Å²) in [5, 5.41) is 2.94. The largest absolute Gasteiger partial charge is 0.354 e. The highest BCUT2D eigenvalue weighted by molar-refractivity contribution is 5.82. The molecule has 4 N–H and O–H groups in total. The van der Waals surface area contributed by atoms with Gasteiger partial charge < -0.3 is 5.32 Å². The lowest BCUT2D eigenvalue weighted by atomic mass is 10.0. The van der Waals surface area contributed by atoms with E-state index in [2.05, 4.69) is 40.8 Å². The Morgan fingerprint density at radius 2 is 2.24 bits per heavy atom. The van der Waals surface area contributed by atoms with Gasteiger partial charge in [-0.25, -0.2) is 10.9 Å². The first-order valence-electron chi connectivity index (χ1n) is 5.83. The molecule has 2 rings (SSSR count). The minimum atomic E-state index is -0.196. The number of hydrazine groups is 2. The number of carbonyl (C=O) groups is 1. The van der Waals surface area contributed by atoms with Crippen LogP contribution in [0.4, 0.5) is 0 Å². The Morgan fingerprint density at radius 1 is 1.47 bits per heavy atom. The molecule has 0 saturated carbocycles. The molecule has 1 amide bonds. The van der Waals surface area contributed by atoms with Crippen LogP contribution in [-0.2, 0) is 4.79 Å². The molecule has 92 valence electrons. The first-order valence-corrected chi connectivity index (χ1v) is 5.83. The summed E-state index contributed by atoms with van der Waals surface area (Å²) in [5.41, 5.74) is 9.65. The molecule has 2 unspecified atom stereocenters. The standard InChI is InChI=1S/C12H18N4O/c1-9(10-5-3-2-4-6-10)7-13-12(17)11-8-14-16-15-11/h2-6,9,11,14-16H,7-8H2,1H3,(H,13,17). The topological polar surface area (TPSA) is 65.2 Å². The Hall–Kier alpha value is -1.43. The lowest BCUT2D eigenvalue weighted by molar-refractivity contribution is -0.122. The Bertz CT molecular complexity index is 362. The van der Waals surface area contributed by atoms with Crippen LogP contribution in [0.15, 0.2) is 30.3 Å². The molecule has 1 aliphatic rings. The Morgan fingerprint density at radius 3 is 2.88 bits per heavy atom. The van der Waals surface area contributed by atoms with Crippen molar-refractivity contribution in [2.75, 3.05) is 13.1 Å². The van der Waals surface area contributed by atoms with Crippen LogP contribution in [0.25, 0.3) is 0 Å². The van der Waals surface area contributed by atoms with Crippen molar-refractivity contribution in [1.29, 1.82) is 0 Å². The van der Waals surface area contributed by atoms with Gasteiger partial charge in [0.2, 0.25) is 5.91 Å². The number of carbonyl (C=O) groups excluding carboxylic acids is 1. The Balaban J connectivity index is 1.80. The van der Waals surface area contributed by atoms with Crippen molar-refractivity contribution in [3.63, 3.8) is 0 Å². The summed E-state index contributed by atoms with van der Waals surface area (Å²) in [4.78, 5) is 11.7. The van der Waals surface area contributed by atoms with Crippen molar-refractivity contribution in [3.05, 3.63) is 35.9 Å². The van der Waals surface area contributed by atoms with Crippen molar-refractivity contribution < 1.29 is 4.79 Å². The maximum atomic E-state index is 11.7. The molecule has 1 aromatic carbocycles. The van der Waals surface area contributed by atoms with Gasteiger partial charge in [0.25, 0.3) is 0 Å². The highest BCUT2D eigenvalue weighted by Crippen LogP contribution is 2.12. The molecule has 2 atom stereocenters. The second-order valence-corrected chi connectivity index (χ2v) is 4.26. The second kappa shape index (κ2) is 5.77. The molecule has 17 heavy (non-hydrogen) atoms.